The van der Waals surface area contributed by atoms with Crippen LogP contribution in [0.1, 0.15) is 226 Å². The second-order valence-electron chi connectivity index (χ2n) is 21.5. The van der Waals surface area contributed by atoms with Gasteiger partial charge >= 0.3 is 0 Å². The summed E-state index contributed by atoms with van der Waals surface area (Å²) in [5, 5.41) is 86.9. The van der Waals surface area contributed by atoms with Gasteiger partial charge in [0.2, 0.25) is 5.91 Å². The molecule has 0 bridgehead atoms. The maximum absolute atomic E-state index is 13.2. The Balaban J connectivity index is 1.61. The summed E-state index contributed by atoms with van der Waals surface area (Å²) in [6, 6.07) is -0.914. The highest BCUT2D eigenvalue weighted by molar-refractivity contribution is 5.76. The summed E-state index contributed by atoms with van der Waals surface area (Å²) in [5.41, 5.74) is 0. The van der Waals surface area contributed by atoms with Crippen LogP contribution in [-0.2, 0) is 23.7 Å². The van der Waals surface area contributed by atoms with E-state index in [4.69, 9.17) is 18.9 Å². The highest BCUT2D eigenvalue weighted by atomic mass is 16.7. The van der Waals surface area contributed by atoms with Crippen LogP contribution in [0.5, 0.6) is 0 Å². The van der Waals surface area contributed by atoms with Crippen molar-refractivity contribution < 1.29 is 64.6 Å². The molecule has 14 heteroatoms. The van der Waals surface area contributed by atoms with Gasteiger partial charge in [0.25, 0.3) is 0 Å². The van der Waals surface area contributed by atoms with Crippen molar-refractivity contribution >= 4 is 5.91 Å². The van der Waals surface area contributed by atoms with Crippen LogP contribution in [0.15, 0.2) is 72.9 Å². The van der Waals surface area contributed by atoms with E-state index in [-0.39, 0.29) is 18.9 Å². The van der Waals surface area contributed by atoms with E-state index < -0.39 is 86.8 Å². The highest BCUT2D eigenvalue weighted by Gasteiger charge is 2.51. The third kappa shape index (κ3) is 33.7. The Hall–Kier alpha value is -2.57. The number of aliphatic hydroxyl groups is 8. The van der Waals surface area contributed by atoms with Gasteiger partial charge in [-0.3, -0.25) is 4.79 Å². The lowest BCUT2D eigenvalue weighted by Crippen LogP contribution is -2.65. The fraction of sp³-hybridized carbons (Fsp3) is 0.794. The molecule has 0 aromatic heterocycles. The van der Waals surface area contributed by atoms with E-state index in [0.717, 1.165) is 70.6 Å². The van der Waals surface area contributed by atoms with Gasteiger partial charge in [0.05, 0.1) is 32.0 Å². The summed E-state index contributed by atoms with van der Waals surface area (Å²) in [6.07, 6.45) is 46.8. The molecule has 0 radical (unpaired) electrons. The smallest absolute Gasteiger partial charge is 0.220 e. The molecule has 0 aromatic carbocycles. The van der Waals surface area contributed by atoms with Crippen molar-refractivity contribution in [1.29, 1.82) is 0 Å². The molecule has 14 nitrogen and oxygen atoms in total. The Kier molecular flexibility index (Phi) is 44.1. The molecular weight excluding hydrogens is 979 g/mol. The molecule has 77 heavy (non-hydrogen) atoms. The summed E-state index contributed by atoms with van der Waals surface area (Å²) >= 11 is 0. The number of rotatable bonds is 48. The molecule has 2 aliphatic rings. The van der Waals surface area contributed by atoms with Gasteiger partial charge in [0, 0.05) is 6.42 Å². The number of allylic oxidation sites excluding steroid dienone is 11. The minimum atomic E-state index is -1.79. The molecule has 0 saturated carbocycles. The number of nitrogens with one attached hydrogen (secondary N) is 1. The molecule has 12 unspecified atom stereocenters. The predicted octanol–water partition coefficient (Wildman–Crippen LogP) is 10.7. The van der Waals surface area contributed by atoms with Gasteiger partial charge in [-0.2, -0.15) is 0 Å². The lowest BCUT2D eigenvalue weighted by atomic mass is 9.97. The van der Waals surface area contributed by atoms with Gasteiger partial charge in [0.15, 0.2) is 12.6 Å². The fourth-order valence-electron chi connectivity index (χ4n) is 9.73. The van der Waals surface area contributed by atoms with Crippen LogP contribution >= 0.6 is 0 Å². The van der Waals surface area contributed by atoms with Crippen LogP contribution in [0, 0.1) is 0 Å². The van der Waals surface area contributed by atoms with E-state index in [1.165, 1.54) is 128 Å². The average molecular weight is 1090 g/mol. The summed E-state index contributed by atoms with van der Waals surface area (Å²) in [6.45, 7) is 2.65. The minimum Gasteiger partial charge on any atom is -0.394 e. The Labute approximate surface area is 466 Å². The molecule has 0 aliphatic carbocycles. The molecule has 2 aliphatic heterocycles. The maximum Gasteiger partial charge on any atom is 0.220 e. The number of carbonyl (C=O) groups is 1. The van der Waals surface area contributed by atoms with Crippen LogP contribution in [0.2, 0.25) is 0 Å². The van der Waals surface area contributed by atoms with Gasteiger partial charge in [-0.05, 0) is 64.2 Å². The molecule has 2 saturated heterocycles. The molecule has 1 amide bonds. The van der Waals surface area contributed by atoms with Gasteiger partial charge in [0.1, 0.15) is 48.8 Å². The number of carbonyl (C=O) groups excluding carboxylic acids is 1. The average Bonchev–Trinajstić information content (AvgIpc) is 3.45. The number of hydrogen-bond acceptors (Lipinski definition) is 13. The topological polar surface area (TPSA) is 228 Å². The first-order chi connectivity index (χ1) is 37.6. The van der Waals surface area contributed by atoms with Crippen molar-refractivity contribution in [3.8, 4) is 0 Å². The number of aliphatic hydroxyl groups excluding tert-OH is 8. The van der Waals surface area contributed by atoms with E-state index in [1.54, 1.807) is 6.08 Å². The standard InChI is InChI=1S/C63H111NO13/c1-3-5-7-9-11-13-15-16-17-18-19-20-21-22-23-24-25-26-27-28-29-30-31-32-33-34-35-36-37-39-41-43-45-47-55(68)64-51(52(67)46-44-42-40-38-14-12-10-8-6-4-2)50-74-62-60(73)58(71)61(54(49-66)76-62)77-63-59(72)57(70)56(69)53(48-65)75-63/h5,7,11,13,16-17,19-20,22-23,44,46,51-54,56-63,65-67,69-73H,3-4,6,8-10,12,14-15,18,21,24-43,45,47-50H2,1-2H3,(H,64,68)/b7-5-,13-11-,17-16-,20-19-,23-22-,46-44+. The molecule has 2 heterocycles. The molecule has 9 N–H and O–H groups in total. The molecule has 0 spiro atoms. The first-order valence-electron chi connectivity index (χ1n) is 30.7. The van der Waals surface area contributed by atoms with Gasteiger partial charge < -0.3 is 65.1 Å². The molecule has 446 valence electrons. The molecule has 0 aromatic rings. The summed E-state index contributed by atoms with van der Waals surface area (Å²) in [4.78, 5) is 13.2. The van der Waals surface area contributed by atoms with Crippen LogP contribution in [-0.4, -0.2) is 140 Å². The minimum absolute atomic E-state index is 0.242. The maximum atomic E-state index is 13.2. The van der Waals surface area contributed by atoms with E-state index in [0.29, 0.717) is 6.42 Å². The Bertz CT molecular complexity index is 1570. The highest BCUT2D eigenvalue weighted by Crippen LogP contribution is 2.30. The van der Waals surface area contributed by atoms with Gasteiger partial charge in [-0.25, -0.2) is 0 Å². The zero-order valence-corrected chi connectivity index (χ0v) is 47.9. The molecular formula is C63H111NO13. The largest absolute Gasteiger partial charge is 0.394 e. The van der Waals surface area contributed by atoms with Crippen molar-refractivity contribution in [2.75, 3.05) is 19.8 Å². The number of ether oxygens (including phenoxy) is 4. The van der Waals surface area contributed by atoms with Crippen LogP contribution < -0.4 is 5.32 Å². The second kappa shape index (κ2) is 48.2. The number of amides is 1. The van der Waals surface area contributed by atoms with E-state index in [9.17, 15) is 45.6 Å². The summed E-state index contributed by atoms with van der Waals surface area (Å²) in [5.74, 6) is -0.242. The van der Waals surface area contributed by atoms with Crippen molar-refractivity contribution in [3.63, 3.8) is 0 Å². The van der Waals surface area contributed by atoms with Gasteiger partial charge in [-0.15, -0.1) is 0 Å². The summed E-state index contributed by atoms with van der Waals surface area (Å²) in [7, 11) is 0. The van der Waals surface area contributed by atoms with Gasteiger partial charge in [-0.1, -0.05) is 228 Å². The lowest BCUT2D eigenvalue weighted by molar-refractivity contribution is -0.359. The molecule has 12 atom stereocenters. The summed E-state index contributed by atoms with van der Waals surface area (Å²) < 4.78 is 22.7. The Morgan fingerprint density at radius 1 is 0.481 bits per heavy atom. The fourth-order valence-corrected chi connectivity index (χ4v) is 9.73. The Morgan fingerprint density at radius 3 is 1.38 bits per heavy atom. The quantitative estimate of drug-likeness (QED) is 0.0204. The third-order valence-corrected chi connectivity index (χ3v) is 14.6. The zero-order chi connectivity index (χ0) is 56.0. The second-order valence-corrected chi connectivity index (χ2v) is 21.5. The number of hydrogen-bond donors (Lipinski definition) is 9. The first kappa shape index (κ1) is 70.5. The van der Waals surface area contributed by atoms with Crippen LogP contribution in [0.4, 0.5) is 0 Å². The zero-order valence-electron chi connectivity index (χ0n) is 47.9. The van der Waals surface area contributed by atoms with Crippen molar-refractivity contribution in [2.45, 2.75) is 299 Å². The molecule has 2 fully saturated rings. The monoisotopic (exact) mass is 1090 g/mol. The van der Waals surface area contributed by atoms with Crippen molar-refractivity contribution in [3.05, 3.63) is 72.9 Å². The van der Waals surface area contributed by atoms with E-state index in [1.807, 2.05) is 6.08 Å². The lowest BCUT2D eigenvalue weighted by Gasteiger charge is -2.46. The van der Waals surface area contributed by atoms with Crippen molar-refractivity contribution in [2.24, 2.45) is 0 Å². The van der Waals surface area contributed by atoms with Crippen LogP contribution in [0.25, 0.3) is 0 Å². The normalized spacial score (nSPS) is 25.2. The predicted molar refractivity (Wildman–Crippen MR) is 309 cm³/mol. The molecule has 2 rings (SSSR count). The third-order valence-electron chi connectivity index (χ3n) is 14.6. The number of unbranched alkanes of at least 4 members (excludes halogenated alkanes) is 25. The first-order valence-corrected chi connectivity index (χ1v) is 30.7. The van der Waals surface area contributed by atoms with Crippen molar-refractivity contribution in [1.82, 2.24) is 5.32 Å². The van der Waals surface area contributed by atoms with Crippen LogP contribution in [0.3, 0.4) is 0 Å². The van der Waals surface area contributed by atoms with E-state index >= 15 is 0 Å². The Morgan fingerprint density at radius 2 is 0.896 bits per heavy atom. The van der Waals surface area contributed by atoms with E-state index in [2.05, 4.69) is 79.9 Å². The SMILES string of the molecule is CC/C=C\C/C=C\C/C=C\C/C=C\C/C=C\CCCCCCCCCCCCCCCCCCCC(=O)NC(COC1OC(CO)C(OC2OC(CO)C(O)C(O)C2O)C(O)C1O)C(O)/C=C/CCCCCCCCCC.